The van der Waals surface area contributed by atoms with Crippen LogP contribution in [-0.2, 0) is 9.53 Å². The molecule has 0 aliphatic heterocycles. The van der Waals surface area contributed by atoms with Crippen LogP contribution in [0, 0.1) is 0 Å². The van der Waals surface area contributed by atoms with Crippen molar-refractivity contribution in [2.75, 3.05) is 0 Å². The molecule has 3 nitrogen and oxygen atoms in total. The van der Waals surface area contributed by atoms with Crippen LogP contribution in [0.25, 0.3) is 0 Å². The van der Waals surface area contributed by atoms with Gasteiger partial charge in [-0.1, -0.05) is 6.08 Å². The average Bonchev–Trinajstić information content (AvgIpc) is 1.96. The number of hydrogen-bond donors (Lipinski definition) is 1. The summed E-state index contributed by atoms with van der Waals surface area (Å²) in [5.41, 5.74) is -0.258. The molecule has 0 radical (unpaired) electrons. The Hall–Kier alpha value is -1.46. The van der Waals surface area contributed by atoms with Crippen LogP contribution in [0.4, 0.5) is 13.2 Å². The van der Waals surface area contributed by atoms with Crippen LogP contribution < -0.4 is 0 Å². The predicted molar refractivity (Wildman–Crippen MR) is 42.3 cm³/mol. The van der Waals surface area contributed by atoms with Gasteiger partial charge in [0, 0.05) is 0 Å². The first-order valence-corrected chi connectivity index (χ1v) is 3.60. The van der Waals surface area contributed by atoms with Crippen LogP contribution in [0.3, 0.4) is 0 Å². The summed E-state index contributed by atoms with van der Waals surface area (Å²) in [6.07, 6.45) is -2.82. The Kier molecular flexibility index (Phi) is 4.20. The Bertz CT molecular complexity index is 276. The SMILES string of the molecule is C/C=C(\C=C(/C)OC(F)(F)F)C(=O)O. The maximum atomic E-state index is 11.6. The van der Waals surface area contributed by atoms with E-state index in [4.69, 9.17) is 5.11 Å². The average molecular weight is 210 g/mol. The van der Waals surface area contributed by atoms with Crippen LogP contribution in [0.15, 0.2) is 23.5 Å². The van der Waals surface area contributed by atoms with Gasteiger partial charge in [-0.25, -0.2) is 4.79 Å². The van der Waals surface area contributed by atoms with E-state index in [1.165, 1.54) is 13.0 Å². The first kappa shape index (κ1) is 12.5. The molecule has 0 saturated heterocycles. The minimum absolute atomic E-state index is 0.258. The fourth-order valence-corrected chi connectivity index (χ4v) is 0.700. The largest absolute Gasteiger partial charge is 0.572 e. The number of carboxylic acids is 1. The fourth-order valence-electron chi connectivity index (χ4n) is 0.700. The minimum atomic E-state index is -4.79. The summed E-state index contributed by atoms with van der Waals surface area (Å²) in [5.74, 6) is -1.83. The van der Waals surface area contributed by atoms with Crippen LogP contribution in [0.5, 0.6) is 0 Å². The van der Waals surface area contributed by atoms with Gasteiger partial charge in [0.05, 0.1) is 5.57 Å². The third kappa shape index (κ3) is 5.23. The minimum Gasteiger partial charge on any atom is -0.478 e. The molecule has 0 aromatic heterocycles. The molecule has 0 unspecified atom stereocenters. The summed E-state index contributed by atoms with van der Waals surface area (Å²) in [7, 11) is 0. The molecule has 6 heteroatoms. The quantitative estimate of drug-likeness (QED) is 0.442. The van der Waals surface area contributed by atoms with Crippen molar-refractivity contribution in [2.45, 2.75) is 20.2 Å². The normalized spacial score (nSPS) is 14.1. The van der Waals surface area contributed by atoms with Crippen molar-refractivity contribution in [1.82, 2.24) is 0 Å². The molecule has 0 atom stereocenters. The molecule has 0 aromatic carbocycles. The molecule has 0 aromatic rings. The highest BCUT2D eigenvalue weighted by Crippen LogP contribution is 2.21. The first-order chi connectivity index (χ1) is 6.26. The summed E-state index contributed by atoms with van der Waals surface area (Å²) in [6.45, 7) is 2.43. The molecule has 0 spiro atoms. The van der Waals surface area contributed by atoms with Crippen LogP contribution in [0.2, 0.25) is 0 Å². The third-order valence-corrected chi connectivity index (χ3v) is 1.19. The number of rotatable bonds is 3. The van der Waals surface area contributed by atoms with Gasteiger partial charge in [0.15, 0.2) is 0 Å². The second-order valence-corrected chi connectivity index (χ2v) is 2.35. The molecule has 0 saturated carbocycles. The Morgan fingerprint density at radius 1 is 1.43 bits per heavy atom. The fraction of sp³-hybridized carbons (Fsp3) is 0.375. The molecule has 80 valence electrons. The zero-order chi connectivity index (χ0) is 11.4. The molecule has 14 heavy (non-hydrogen) atoms. The Labute approximate surface area is 78.5 Å². The molecule has 0 aliphatic rings. The predicted octanol–water partition coefficient (Wildman–Crippen LogP) is 2.46. The highest BCUT2D eigenvalue weighted by Gasteiger charge is 2.31. The molecule has 0 rings (SSSR count). The zero-order valence-electron chi connectivity index (χ0n) is 7.55. The van der Waals surface area contributed by atoms with Crippen molar-refractivity contribution in [3.05, 3.63) is 23.5 Å². The summed E-state index contributed by atoms with van der Waals surface area (Å²) in [5, 5.41) is 8.47. The van der Waals surface area contributed by atoms with E-state index in [1.54, 1.807) is 0 Å². The van der Waals surface area contributed by atoms with E-state index < -0.39 is 18.1 Å². The van der Waals surface area contributed by atoms with Gasteiger partial charge in [0.1, 0.15) is 5.76 Å². The Morgan fingerprint density at radius 2 is 1.93 bits per heavy atom. The van der Waals surface area contributed by atoms with Gasteiger partial charge in [-0.3, -0.25) is 0 Å². The van der Waals surface area contributed by atoms with Gasteiger partial charge in [-0.05, 0) is 19.9 Å². The van der Waals surface area contributed by atoms with Crippen LogP contribution in [0.1, 0.15) is 13.8 Å². The number of halogens is 3. The number of alkyl halides is 3. The summed E-state index contributed by atoms with van der Waals surface area (Å²) in [4.78, 5) is 10.4. The highest BCUT2D eigenvalue weighted by atomic mass is 19.4. The number of hydrogen-bond acceptors (Lipinski definition) is 2. The molecular weight excluding hydrogens is 201 g/mol. The van der Waals surface area contributed by atoms with Crippen molar-refractivity contribution in [3.8, 4) is 0 Å². The maximum absolute atomic E-state index is 11.6. The smallest absolute Gasteiger partial charge is 0.478 e. The van der Waals surface area contributed by atoms with Crippen molar-refractivity contribution in [2.24, 2.45) is 0 Å². The van der Waals surface area contributed by atoms with Crippen LogP contribution >= 0.6 is 0 Å². The van der Waals surface area contributed by atoms with Gasteiger partial charge in [0.25, 0.3) is 0 Å². The topological polar surface area (TPSA) is 46.5 Å². The van der Waals surface area contributed by atoms with Gasteiger partial charge < -0.3 is 9.84 Å². The lowest BCUT2D eigenvalue weighted by atomic mass is 10.2. The summed E-state index contributed by atoms with van der Waals surface area (Å²) < 4.78 is 38.4. The molecule has 0 bridgehead atoms. The van der Waals surface area contributed by atoms with E-state index in [9.17, 15) is 18.0 Å². The van der Waals surface area contributed by atoms with E-state index in [1.807, 2.05) is 0 Å². The lowest BCUT2D eigenvalue weighted by molar-refractivity contribution is -0.305. The van der Waals surface area contributed by atoms with Gasteiger partial charge in [0.2, 0.25) is 0 Å². The Morgan fingerprint density at radius 3 is 2.21 bits per heavy atom. The van der Waals surface area contributed by atoms with E-state index in [2.05, 4.69) is 4.74 Å². The monoisotopic (exact) mass is 210 g/mol. The van der Waals surface area contributed by atoms with E-state index in [-0.39, 0.29) is 5.57 Å². The second-order valence-electron chi connectivity index (χ2n) is 2.35. The molecule has 0 amide bonds. The Balaban J connectivity index is 4.59. The third-order valence-electron chi connectivity index (χ3n) is 1.19. The standard InChI is InChI=1S/C8H9F3O3/c1-3-6(7(12)13)4-5(2)14-8(9,10)11/h3-4H,1-2H3,(H,12,13)/b5-4+,6-3+. The summed E-state index contributed by atoms with van der Waals surface area (Å²) >= 11 is 0. The number of carbonyl (C=O) groups is 1. The highest BCUT2D eigenvalue weighted by molar-refractivity contribution is 5.89. The van der Waals surface area contributed by atoms with Gasteiger partial charge >= 0.3 is 12.3 Å². The van der Waals surface area contributed by atoms with E-state index in [0.717, 1.165) is 13.0 Å². The zero-order valence-corrected chi connectivity index (χ0v) is 7.55. The van der Waals surface area contributed by atoms with Crippen molar-refractivity contribution in [3.63, 3.8) is 0 Å². The molecule has 0 heterocycles. The lowest BCUT2D eigenvalue weighted by Gasteiger charge is -2.08. The van der Waals surface area contributed by atoms with E-state index >= 15 is 0 Å². The number of allylic oxidation sites excluding steroid dienone is 2. The lowest BCUT2D eigenvalue weighted by Crippen LogP contribution is -2.12. The molecule has 0 aliphatic carbocycles. The van der Waals surface area contributed by atoms with Gasteiger partial charge in [-0.2, -0.15) is 0 Å². The number of ether oxygens (including phenoxy) is 1. The van der Waals surface area contributed by atoms with Crippen molar-refractivity contribution >= 4 is 5.97 Å². The number of aliphatic carboxylic acids is 1. The molecule has 0 fully saturated rings. The number of carboxylic acid groups (broad SMARTS) is 1. The van der Waals surface area contributed by atoms with Gasteiger partial charge in [-0.15, -0.1) is 13.2 Å². The van der Waals surface area contributed by atoms with Crippen molar-refractivity contribution in [1.29, 1.82) is 0 Å². The van der Waals surface area contributed by atoms with Crippen LogP contribution in [-0.4, -0.2) is 17.4 Å². The second kappa shape index (κ2) is 4.69. The first-order valence-electron chi connectivity index (χ1n) is 3.60. The molecule has 1 N–H and O–H groups in total. The summed E-state index contributed by atoms with van der Waals surface area (Å²) in [6, 6.07) is 0. The van der Waals surface area contributed by atoms with E-state index in [0.29, 0.717) is 0 Å². The molecular formula is C8H9F3O3. The maximum Gasteiger partial charge on any atom is 0.572 e. The van der Waals surface area contributed by atoms with Crippen molar-refractivity contribution < 1.29 is 27.8 Å².